The summed E-state index contributed by atoms with van der Waals surface area (Å²) in [6, 6.07) is 3.73. The molecule has 8 heteroatoms. The molecule has 0 unspecified atom stereocenters. The highest BCUT2D eigenvalue weighted by molar-refractivity contribution is 5.94. The maximum Gasteiger partial charge on any atom is 0.321 e. The van der Waals surface area contributed by atoms with Crippen molar-refractivity contribution >= 4 is 11.9 Å². The molecular weight excluding hydrogens is 372 g/mol. The van der Waals surface area contributed by atoms with Crippen molar-refractivity contribution < 1.29 is 28.9 Å². The molecule has 1 saturated heterocycles. The van der Waals surface area contributed by atoms with E-state index >= 15 is 0 Å². The molecule has 1 aliphatic heterocycles. The summed E-state index contributed by atoms with van der Waals surface area (Å²) in [5.41, 5.74) is 2.44. The predicted octanol–water partition coefficient (Wildman–Crippen LogP) is -1.08. The lowest BCUT2D eigenvalue weighted by atomic mass is 10.1. The normalized spacial score (nSPS) is 19.9. The smallest absolute Gasteiger partial charge is 0.321 e. The number of rotatable bonds is 8. The molecule has 0 radical (unpaired) electrons. The molecule has 0 spiro atoms. The maximum atomic E-state index is 12.1. The summed E-state index contributed by atoms with van der Waals surface area (Å²) in [5.74, 6) is 1.28. The van der Waals surface area contributed by atoms with Crippen molar-refractivity contribution in [3.05, 3.63) is 23.3 Å². The first-order valence-corrected chi connectivity index (χ1v) is 10.3. The summed E-state index contributed by atoms with van der Waals surface area (Å²) in [7, 11) is 3.30. The monoisotopic (exact) mass is 408 g/mol. The maximum absolute atomic E-state index is 12.1. The first-order valence-electron chi connectivity index (χ1n) is 10.3. The van der Waals surface area contributed by atoms with Crippen LogP contribution in [0, 0.1) is 6.92 Å². The molecule has 162 valence electrons. The minimum absolute atomic E-state index is 0.0577. The number of hydrogen-bond donors (Lipinski definition) is 4. The molecule has 2 rings (SSSR count). The Balaban J connectivity index is 1.81. The zero-order chi connectivity index (χ0) is 21.4. The van der Waals surface area contributed by atoms with Crippen LogP contribution in [0.15, 0.2) is 12.1 Å². The van der Waals surface area contributed by atoms with Gasteiger partial charge in [-0.3, -0.25) is 10.1 Å². The molecule has 1 fully saturated rings. The Hall–Kier alpha value is -2.32. The highest BCUT2D eigenvalue weighted by atomic mass is 16.5. The number of nitrogens with one attached hydrogen (secondary N) is 4. The van der Waals surface area contributed by atoms with Crippen molar-refractivity contribution in [2.45, 2.75) is 39.8 Å². The summed E-state index contributed by atoms with van der Waals surface area (Å²) in [6.07, 6.45) is 0.830. The number of ether oxygens (including phenoxy) is 2. The fourth-order valence-corrected chi connectivity index (χ4v) is 3.55. The predicted molar refractivity (Wildman–Crippen MR) is 111 cm³/mol. The van der Waals surface area contributed by atoms with Gasteiger partial charge in [0.15, 0.2) is 18.0 Å². The van der Waals surface area contributed by atoms with E-state index in [0.717, 1.165) is 50.6 Å². The van der Waals surface area contributed by atoms with Crippen molar-refractivity contribution in [3.8, 4) is 11.5 Å². The fourth-order valence-electron chi connectivity index (χ4n) is 3.55. The molecule has 1 aromatic carbocycles. The number of carbonyl (C=O) groups is 2. The van der Waals surface area contributed by atoms with Gasteiger partial charge in [-0.15, -0.1) is 0 Å². The molecule has 29 heavy (non-hydrogen) atoms. The molecule has 1 atom stereocenters. The van der Waals surface area contributed by atoms with Crippen molar-refractivity contribution in [1.82, 2.24) is 10.6 Å². The molecule has 1 heterocycles. The Morgan fingerprint density at radius 2 is 1.66 bits per heavy atom. The third-order valence-corrected chi connectivity index (χ3v) is 5.60. The molecular formula is C21H36N4O4+2. The minimum atomic E-state index is -0.406. The summed E-state index contributed by atoms with van der Waals surface area (Å²) >= 11 is 0. The lowest BCUT2D eigenvalue weighted by molar-refractivity contribution is -1.02. The molecule has 4 N–H and O–H groups in total. The number of aryl methyl sites for hydroxylation is 1. The number of piperazine rings is 1. The number of imide groups is 1. The van der Waals surface area contributed by atoms with Crippen LogP contribution in [-0.2, 0) is 11.3 Å². The van der Waals surface area contributed by atoms with Crippen molar-refractivity contribution in [3.63, 3.8) is 0 Å². The van der Waals surface area contributed by atoms with Crippen LogP contribution >= 0.6 is 0 Å². The van der Waals surface area contributed by atoms with E-state index in [0.29, 0.717) is 6.54 Å². The largest absolute Gasteiger partial charge is 0.493 e. The molecule has 0 aromatic heterocycles. The first-order chi connectivity index (χ1) is 13.9. The molecule has 1 aliphatic rings. The second-order valence-electron chi connectivity index (χ2n) is 7.82. The lowest BCUT2D eigenvalue weighted by Gasteiger charge is -2.29. The number of hydrogen-bond acceptors (Lipinski definition) is 4. The Bertz CT molecular complexity index is 702. The average molecular weight is 409 g/mol. The summed E-state index contributed by atoms with van der Waals surface area (Å²) in [6.45, 7) is 11.0. The highest BCUT2D eigenvalue weighted by Gasteiger charge is 2.26. The Kier molecular flexibility index (Phi) is 8.72. The minimum Gasteiger partial charge on any atom is -0.493 e. The van der Waals surface area contributed by atoms with Crippen LogP contribution in [0.25, 0.3) is 0 Å². The van der Waals surface area contributed by atoms with Crippen molar-refractivity contribution in [2.24, 2.45) is 0 Å². The van der Waals surface area contributed by atoms with Gasteiger partial charge in [0.1, 0.15) is 32.7 Å². The Labute approximate surface area is 173 Å². The van der Waals surface area contributed by atoms with Crippen LogP contribution in [-0.4, -0.2) is 64.9 Å². The zero-order valence-corrected chi connectivity index (χ0v) is 18.3. The lowest BCUT2D eigenvalue weighted by Crippen LogP contribution is -3.28. The average Bonchev–Trinajstić information content (AvgIpc) is 2.70. The Morgan fingerprint density at radius 1 is 1.07 bits per heavy atom. The summed E-state index contributed by atoms with van der Waals surface area (Å²) in [5, 5.41) is 5.18. The van der Waals surface area contributed by atoms with E-state index in [-0.39, 0.29) is 11.9 Å². The van der Waals surface area contributed by atoms with E-state index in [4.69, 9.17) is 9.47 Å². The standard InChI is InChI=1S/C21H34N4O4/c1-6-16(3)22-21(27)23-20(26)14-25-9-7-24(8-10-25)13-17-12-19(29-5)18(28-4)11-15(17)2/h11-12,16H,6-10,13-14H2,1-5H3,(H2,22,23,26,27)/p+2/t16-/m1/s1. The van der Waals surface area contributed by atoms with Gasteiger partial charge in [-0.1, -0.05) is 6.92 Å². The van der Waals surface area contributed by atoms with Gasteiger partial charge in [-0.25, -0.2) is 4.79 Å². The van der Waals surface area contributed by atoms with Gasteiger partial charge in [0, 0.05) is 11.6 Å². The van der Waals surface area contributed by atoms with Gasteiger partial charge >= 0.3 is 6.03 Å². The van der Waals surface area contributed by atoms with E-state index in [1.54, 1.807) is 14.2 Å². The summed E-state index contributed by atoms with van der Waals surface area (Å²) < 4.78 is 10.8. The quantitative estimate of drug-likeness (QED) is 0.441. The molecule has 1 aromatic rings. The number of methoxy groups -OCH3 is 2. The topological polar surface area (TPSA) is 85.5 Å². The van der Waals surface area contributed by atoms with Crippen LogP contribution in [0.4, 0.5) is 4.79 Å². The van der Waals surface area contributed by atoms with Crippen LogP contribution in [0.1, 0.15) is 31.4 Å². The van der Waals surface area contributed by atoms with Gasteiger partial charge in [-0.05, 0) is 38.0 Å². The third kappa shape index (κ3) is 6.90. The van der Waals surface area contributed by atoms with Crippen LogP contribution in [0.5, 0.6) is 11.5 Å². The van der Waals surface area contributed by atoms with E-state index in [9.17, 15) is 9.59 Å². The number of amides is 3. The van der Waals surface area contributed by atoms with Crippen molar-refractivity contribution in [2.75, 3.05) is 46.9 Å². The second-order valence-corrected chi connectivity index (χ2v) is 7.82. The van der Waals surface area contributed by atoms with Gasteiger partial charge < -0.3 is 24.6 Å². The molecule has 0 saturated carbocycles. The van der Waals surface area contributed by atoms with Gasteiger partial charge in [0.2, 0.25) is 0 Å². The fraction of sp³-hybridized carbons (Fsp3) is 0.619. The number of benzene rings is 1. The van der Waals surface area contributed by atoms with E-state index in [1.807, 2.05) is 19.9 Å². The van der Waals surface area contributed by atoms with E-state index < -0.39 is 6.03 Å². The molecule has 8 nitrogen and oxygen atoms in total. The SMILES string of the molecule is CC[C@@H](C)NC(=O)NC(=O)C[NH+]1CC[NH+](Cc2cc(OC)c(OC)cc2C)CC1. The molecule has 0 aliphatic carbocycles. The molecule has 3 amide bonds. The molecule has 0 bridgehead atoms. The van der Waals surface area contributed by atoms with Crippen LogP contribution in [0.3, 0.4) is 0 Å². The van der Waals surface area contributed by atoms with Gasteiger partial charge in [0.25, 0.3) is 5.91 Å². The number of quaternary nitrogens is 2. The van der Waals surface area contributed by atoms with Crippen molar-refractivity contribution in [1.29, 1.82) is 0 Å². The van der Waals surface area contributed by atoms with Gasteiger partial charge in [-0.2, -0.15) is 0 Å². The highest BCUT2D eigenvalue weighted by Crippen LogP contribution is 2.29. The van der Waals surface area contributed by atoms with Gasteiger partial charge in [0.05, 0.1) is 14.2 Å². The number of carbonyl (C=O) groups excluding carboxylic acids is 2. The van der Waals surface area contributed by atoms with Crippen LogP contribution < -0.4 is 29.9 Å². The third-order valence-electron chi connectivity index (χ3n) is 5.60. The second kappa shape index (κ2) is 11.0. The van der Waals surface area contributed by atoms with E-state index in [2.05, 4.69) is 23.6 Å². The Morgan fingerprint density at radius 3 is 2.24 bits per heavy atom. The van der Waals surface area contributed by atoms with Crippen LogP contribution in [0.2, 0.25) is 0 Å². The zero-order valence-electron chi connectivity index (χ0n) is 18.3. The summed E-state index contributed by atoms with van der Waals surface area (Å²) in [4.78, 5) is 26.6. The first kappa shape index (κ1) is 23.0. The number of urea groups is 1. The van der Waals surface area contributed by atoms with E-state index in [1.165, 1.54) is 20.9 Å².